The fourth-order valence-corrected chi connectivity index (χ4v) is 1.57. The Balaban J connectivity index is 2.68. The van der Waals surface area contributed by atoms with Crippen LogP contribution in [0.5, 0.6) is 0 Å². The molecule has 0 bridgehead atoms. The van der Waals surface area contributed by atoms with Gasteiger partial charge >= 0.3 is 5.97 Å². The first-order chi connectivity index (χ1) is 9.43. The molecule has 2 amide bonds. The van der Waals surface area contributed by atoms with Gasteiger partial charge < -0.3 is 15.4 Å². The van der Waals surface area contributed by atoms with Crippen molar-refractivity contribution >= 4 is 23.5 Å². The van der Waals surface area contributed by atoms with E-state index in [4.69, 9.17) is 0 Å². The van der Waals surface area contributed by atoms with Crippen LogP contribution in [-0.4, -0.2) is 31.4 Å². The number of carbonyl (C=O) groups excluding carboxylic acids is 3. The molecule has 0 aromatic heterocycles. The van der Waals surface area contributed by atoms with Crippen molar-refractivity contribution < 1.29 is 19.1 Å². The maximum atomic E-state index is 11.7. The Morgan fingerprint density at radius 3 is 2.55 bits per heavy atom. The topological polar surface area (TPSA) is 84.5 Å². The van der Waals surface area contributed by atoms with Crippen molar-refractivity contribution in [3.05, 3.63) is 29.3 Å². The number of methoxy groups -OCH3 is 1. The largest absolute Gasteiger partial charge is 0.465 e. The molecule has 0 radical (unpaired) electrons. The van der Waals surface area contributed by atoms with Crippen molar-refractivity contribution in [3.8, 4) is 0 Å². The summed E-state index contributed by atoms with van der Waals surface area (Å²) in [7, 11) is 1.30. The molecule has 6 heteroatoms. The van der Waals surface area contributed by atoms with Crippen LogP contribution >= 0.6 is 0 Å². The van der Waals surface area contributed by atoms with Crippen molar-refractivity contribution in [1.29, 1.82) is 0 Å². The molecule has 6 nitrogen and oxygen atoms in total. The fourth-order valence-electron chi connectivity index (χ4n) is 1.57. The van der Waals surface area contributed by atoms with Crippen LogP contribution in [0.3, 0.4) is 0 Å². The molecule has 0 atom stereocenters. The van der Waals surface area contributed by atoms with Gasteiger partial charge in [-0.3, -0.25) is 9.59 Å². The van der Waals surface area contributed by atoms with Crippen LogP contribution in [0.4, 0.5) is 5.69 Å². The number of hydrogen-bond acceptors (Lipinski definition) is 4. The van der Waals surface area contributed by atoms with Crippen LogP contribution in [-0.2, 0) is 14.3 Å². The number of esters is 1. The third-order valence-corrected chi connectivity index (χ3v) is 2.66. The first kappa shape index (κ1) is 15.7. The van der Waals surface area contributed by atoms with Crippen molar-refractivity contribution in [2.45, 2.75) is 20.3 Å². The van der Waals surface area contributed by atoms with Gasteiger partial charge in [-0.1, -0.05) is 6.07 Å². The van der Waals surface area contributed by atoms with Crippen LogP contribution in [0.25, 0.3) is 0 Å². The van der Waals surface area contributed by atoms with E-state index in [-0.39, 0.29) is 24.8 Å². The summed E-state index contributed by atoms with van der Waals surface area (Å²) < 4.78 is 4.63. The fraction of sp³-hybridized carbons (Fsp3) is 0.357. The number of rotatable bonds is 5. The van der Waals surface area contributed by atoms with Crippen molar-refractivity contribution in [1.82, 2.24) is 5.32 Å². The summed E-state index contributed by atoms with van der Waals surface area (Å²) in [4.78, 5) is 33.8. The van der Waals surface area contributed by atoms with Gasteiger partial charge in [-0.15, -0.1) is 0 Å². The second kappa shape index (κ2) is 7.28. The highest BCUT2D eigenvalue weighted by Crippen LogP contribution is 2.17. The van der Waals surface area contributed by atoms with Crippen LogP contribution in [0.15, 0.2) is 18.2 Å². The zero-order valence-corrected chi connectivity index (χ0v) is 11.8. The first-order valence-electron chi connectivity index (χ1n) is 6.17. The summed E-state index contributed by atoms with van der Waals surface area (Å²) >= 11 is 0. The highest BCUT2D eigenvalue weighted by atomic mass is 16.5. The standard InChI is InChI=1S/C14H18N2O4/c1-9-4-5-11(14(19)20-3)8-12(9)16-13(18)6-7-15-10(2)17/h4-5,8H,6-7H2,1-3H3,(H,15,17)(H,16,18). The smallest absolute Gasteiger partial charge is 0.337 e. The normalized spacial score (nSPS) is 9.75. The van der Waals surface area contributed by atoms with Crippen molar-refractivity contribution in [3.63, 3.8) is 0 Å². The molecule has 2 N–H and O–H groups in total. The number of carbonyl (C=O) groups is 3. The molecule has 0 saturated carbocycles. The average Bonchev–Trinajstić information content (AvgIpc) is 2.40. The second-order valence-corrected chi connectivity index (χ2v) is 4.30. The minimum atomic E-state index is -0.459. The van der Waals surface area contributed by atoms with E-state index in [0.717, 1.165) is 5.56 Å². The highest BCUT2D eigenvalue weighted by Gasteiger charge is 2.10. The number of nitrogens with one attached hydrogen (secondary N) is 2. The average molecular weight is 278 g/mol. The molecule has 0 spiro atoms. The van der Waals surface area contributed by atoms with Crippen LogP contribution < -0.4 is 10.6 Å². The summed E-state index contributed by atoms with van der Waals surface area (Å²) in [6, 6.07) is 4.93. The monoisotopic (exact) mass is 278 g/mol. The molecule has 0 heterocycles. The molecular weight excluding hydrogens is 260 g/mol. The molecule has 20 heavy (non-hydrogen) atoms. The van der Waals surface area contributed by atoms with Gasteiger partial charge in [0.1, 0.15) is 0 Å². The van der Waals surface area contributed by atoms with Crippen LogP contribution in [0, 0.1) is 6.92 Å². The first-order valence-corrected chi connectivity index (χ1v) is 6.17. The Hall–Kier alpha value is -2.37. The molecule has 0 unspecified atom stereocenters. The van der Waals surface area contributed by atoms with Crippen molar-refractivity contribution in [2.24, 2.45) is 0 Å². The van der Waals surface area contributed by atoms with E-state index in [2.05, 4.69) is 15.4 Å². The maximum absolute atomic E-state index is 11.7. The summed E-state index contributed by atoms with van der Waals surface area (Å²) in [5.41, 5.74) is 1.77. The Morgan fingerprint density at radius 1 is 1.25 bits per heavy atom. The lowest BCUT2D eigenvalue weighted by Gasteiger charge is -2.10. The summed E-state index contributed by atoms with van der Waals surface area (Å²) in [5.74, 6) is -0.871. The van der Waals surface area contributed by atoms with Crippen LogP contribution in [0.2, 0.25) is 0 Å². The van der Waals surface area contributed by atoms with Gasteiger partial charge in [0.15, 0.2) is 0 Å². The lowest BCUT2D eigenvalue weighted by Crippen LogP contribution is -2.25. The molecule has 1 aromatic carbocycles. The molecular formula is C14H18N2O4. The predicted octanol–water partition coefficient (Wildman–Crippen LogP) is 1.25. The molecule has 108 valence electrons. The molecule has 0 fully saturated rings. The Kier molecular flexibility index (Phi) is 5.71. The lowest BCUT2D eigenvalue weighted by molar-refractivity contribution is -0.119. The zero-order valence-electron chi connectivity index (χ0n) is 11.8. The Bertz CT molecular complexity index is 526. The lowest BCUT2D eigenvalue weighted by atomic mass is 10.1. The van der Waals surface area contributed by atoms with Crippen LogP contribution in [0.1, 0.15) is 29.3 Å². The van der Waals surface area contributed by atoms with Crippen molar-refractivity contribution in [2.75, 3.05) is 19.0 Å². The number of aryl methyl sites for hydroxylation is 1. The third kappa shape index (κ3) is 4.72. The molecule has 0 aliphatic carbocycles. The minimum absolute atomic E-state index is 0.168. The van der Waals surface area contributed by atoms with Gasteiger partial charge in [0.2, 0.25) is 11.8 Å². The SMILES string of the molecule is COC(=O)c1ccc(C)c(NC(=O)CCNC(C)=O)c1. The molecule has 0 aliphatic heterocycles. The van der Waals surface area contributed by atoms with E-state index in [1.807, 2.05) is 6.92 Å². The van der Waals surface area contributed by atoms with Gasteiger partial charge in [-0.2, -0.15) is 0 Å². The Morgan fingerprint density at radius 2 is 1.95 bits per heavy atom. The number of hydrogen-bond donors (Lipinski definition) is 2. The zero-order chi connectivity index (χ0) is 15.1. The van der Waals surface area contributed by atoms with Gasteiger partial charge in [0, 0.05) is 25.6 Å². The summed E-state index contributed by atoms with van der Waals surface area (Å²) in [6.45, 7) is 3.49. The maximum Gasteiger partial charge on any atom is 0.337 e. The molecule has 1 rings (SSSR count). The number of anilines is 1. The summed E-state index contributed by atoms with van der Waals surface area (Å²) in [6.07, 6.45) is 0.168. The number of ether oxygens (including phenoxy) is 1. The molecule has 0 saturated heterocycles. The van der Waals surface area contributed by atoms with E-state index in [1.54, 1.807) is 18.2 Å². The highest BCUT2D eigenvalue weighted by molar-refractivity contribution is 5.95. The second-order valence-electron chi connectivity index (χ2n) is 4.30. The Labute approximate surface area is 117 Å². The third-order valence-electron chi connectivity index (χ3n) is 2.66. The molecule has 0 aliphatic rings. The van der Waals surface area contributed by atoms with Gasteiger partial charge in [0.25, 0.3) is 0 Å². The number of amides is 2. The van der Waals surface area contributed by atoms with E-state index in [9.17, 15) is 14.4 Å². The minimum Gasteiger partial charge on any atom is -0.465 e. The molecule has 1 aromatic rings. The number of benzene rings is 1. The van der Waals surface area contributed by atoms with Gasteiger partial charge in [0.05, 0.1) is 12.7 Å². The quantitative estimate of drug-likeness (QED) is 0.794. The van der Waals surface area contributed by atoms with E-state index < -0.39 is 5.97 Å². The van der Waals surface area contributed by atoms with E-state index >= 15 is 0 Å². The van der Waals surface area contributed by atoms with Gasteiger partial charge in [-0.05, 0) is 24.6 Å². The summed E-state index contributed by atoms with van der Waals surface area (Å²) in [5, 5.41) is 5.25. The predicted molar refractivity (Wildman–Crippen MR) is 74.4 cm³/mol. The van der Waals surface area contributed by atoms with Gasteiger partial charge in [-0.25, -0.2) is 4.79 Å². The van der Waals surface area contributed by atoms with E-state index in [0.29, 0.717) is 11.3 Å². The van der Waals surface area contributed by atoms with E-state index in [1.165, 1.54) is 14.0 Å².